The smallest absolute Gasteiger partial charge is 0.0390 e. The average molecular weight is 281 g/mol. The molecule has 0 amide bonds. The van der Waals surface area contributed by atoms with Crippen LogP contribution in [0.15, 0.2) is 54.6 Å². The second kappa shape index (κ2) is 6.19. The van der Waals surface area contributed by atoms with Crippen LogP contribution in [-0.4, -0.2) is 30.6 Å². The number of nitrogen functional groups attached to an aromatic ring is 1. The van der Waals surface area contributed by atoms with Gasteiger partial charge in [-0.15, -0.1) is 0 Å². The Labute approximate surface area is 127 Å². The molecule has 110 valence electrons. The summed E-state index contributed by atoms with van der Waals surface area (Å²) in [6.07, 6.45) is 0. The molecule has 21 heavy (non-hydrogen) atoms. The minimum absolute atomic E-state index is 0.504. The van der Waals surface area contributed by atoms with Gasteiger partial charge in [0.15, 0.2) is 0 Å². The molecule has 1 fully saturated rings. The van der Waals surface area contributed by atoms with Crippen molar-refractivity contribution in [3.05, 3.63) is 60.2 Å². The van der Waals surface area contributed by atoms with Crippen molar-refractivity contribution in [3.63, 3.8) is 0 Å². The Morgan fingerprint density at radius 3 is 2.57 bits per heavy atom. The van der Waals surface area contributed by atoms with Gasteiger partial charge in [0.25, 0.3) is 0 Å². The summed E-state index contributed by atoms with van der Waals surface area (Å²) in [4.78, 5) is 4.99. The first-order chi connectivity index (χ1) is 10.2. The first-order valence-electron chi connectivity index (χ1n) is 7.61. The first-order valence-corrected chi connectivity index (χ1v) is 7.61. The molecule has 2 aromatic carbocycles. The number of anilines is 2. The van der Waals surface area contributed by atoms with Crippen LogP contribution in [-0.2, 0) is 6.54 Å². The summed E-state index contributed by atoms with van der Waals surface area (Å²) in [5, 5.41) is 0. The molecule has 2 N–H and O–H groups in total. The van der Waals surface area contributed by atoms with Crippen molar-refractivity contribution in [2.75, 3.05) is 30.3 Å². The SMILES string of the molecule is CC1CN(Cc2ccccc2)CCN1c1cccc(N)c1. The molecule has 1 heterocycles. The zero-order valence-electron chi connectivity index (χ0n) is 12.6. The van der Waals surface area contributed by atoms with E-state index < -0.39 is 0 Å². The molecule has 1 atom stereocenters. The third kappa shape index (κ3) is 3.37. The van der Waals surface area contributed by atoms with E-state index in [2.05, 4.69) is 59.2 Å². The normalized spacial score (nSPS) is 19.7. The zero-order valence-corrected chi connectivity index (χ0v) is 12.6. The number of nitrogens with two attached hydrogens (primary N) is 1. The third-order valence-corrected chi connectivity index (χ3v) is 4.16. The van der Waals surface area contributed by atoms with Crippen LogP contribution in [0.2, 0.25) is 0 Å². The van der Waals surface area contributed by atoms with Crippen LogP contribution < -0.4 is 10.6 Å². The molecule has 3 nitrogen and oxygen atoms in total. The van der Waals surface area contributed by atoms with Gasteiger partial charge in [-0.3, -0.25) is 4.90 Å². The number of piperazine rings is 1. The fourth-order valence-electron chi connectivity index (χ4n) is 3.11. The lowest BCUT2D eigenvalue weighted by Crippen LogP contribution is -2.51. The fourth-order valence-corrected chi connectivity index (χ4v) is 3.11. The van der Waals surface area contributed by atoms with Gasteiger partial charge in [-0.05, 0) is 30.7 Å². The standard InChI is InChI=1S/C18H23N3/c1-15-13-20(14-16-6-3-2-4-7-16)10-11-21(15)18-9-5-8-17(19)12-18/h2-9,12,15H,10-11,13-14,19H2,1H3. The molecule has 0 aromatic heterocycles. The van der Waals surface area contributed by atoms with E-state index in [4.69, 9.17) is 5.73 Å². The Bertz CT molecular complexity index is 582. The lowest BCUT2D eigenvalue weighted by atomic mass is 10.1. The van der Waals surface area contributed by atoms with Crippen LogP contribution in [0.5, 0.6) is 0 Å². The minimum Gasteiger partial charge on any atom is -0.399 e. The van der Waals surface area contributed by atoms with Crippen molar-refractivity contribution in [2.24, 2.45) is 0 Å². The molecule has 1 aliphatic rings. The minimum atomic E-state index is 0.504. The molecule has 1 saturated heterocycles. The second-order valence-electron chi connectivity index (χ2n) is 5.86. The quantitative estimate of drug-likeness (QED) is 0.878. The molecule has 3 heteroatoms. The van der Waals surface area contributed by atoms with E-state index in [0.717, 1.165) is 31.9 Å². The molecule has 1 aliphatic heterocycles. The lowest BCUT2D eigenvalue weighted by molar-refractivity contribution is 0.221. The highest BCUT2D eigenvalue weighted by molar-refractivity contribution is 5.56. The molecule has 0 radical (unpaired) electrons. The van der Waals surface area contributed by atoms with E-state index in [-0.39, 0.29) is 0 Å². The summed E-state index contributed by atoms with van der Waals surface area (Å²) in [5.41, 5.74) is 9.37. The summed E-state index contributed by atoms with van der Waals surface area (Å²) in [7, 11) is 0. The predicted molar refractivity (Wildman–Crippen MR) is 89.4 cm³/mol. The average Bonchev–Trinajstić information content (AvgIpc) is 2.48. The largest absolute Gasteiger partial charge is 0.399 e. The zero-order chi connectivity index (χ0) is 14.7. The number of nitrogens with zero attached hydrogens (tertiary/aromatic N) is 2. The van der Waals surface area contributed by atoms with Gasteiger partial charge in [0, 0.05) is 43.6 Å². The van der Waals surface area contributed by atoms with Crippen molar-refractivity contribution in [1.82, 2.24) is 4.90 Å². The number of benzene rings is 2. The van der Waals surface area contributed by atoms with Gasteiger partial charge in [0.05, 0.1) is 0 Å². The van der Waals surface area contributed by atoms with Crippen LogP contribution in [0.4, 0.5) is 11.4 Å². The molecular formula is C18H23N3. The molecule has 0 spiro atoms. The second-order valence-corrected chi connectivity index (χ2v) is 5.86. The molecule has 3 rings (SSSR count). The predicted octanol–water partition coefficient (Wildman–Crippen LogP) is 2.98. The third-order valence-electron chi connectivity index (χ3n) is 4.16. The molecule has 0 bridgehead atoms. The Kier molecular flexibility index (Phi) is 4.11. The highest BCUT2D eigenvalue weighted by Crippen LogP contribution is 2.23. The van der Waals surface area contributed by atoms with E-state index >= 15 is 0 Å². The van der Waals surface area contributed by atoms with E-state index in [0.29, 0.717) is 6.04 Å². The van der Waals surface area contributed by atoms with Crippen LogP contribution in [0, 0.1) is 0 Å². The van der Waals surface area contributed by atoms with Gasteiger partial charge in [0.1, 0.15) is 0 Å². The van der Waals surface area contributed by atoms with Crippen molar-refractivity contribution in [1.29, 1.82) is 0 Å². The first kappa shape index (κ1) is 14.0. The fraction of sp³-hybridized carbons (Fsp3) is 0.333. The summed E-state index contributed by atoms with van der Waals surface area (Å²) in [6, 6.07) is 19.4. The lowest BCUT2D eigenvalue weighted by Gasteiger charge is -2.41. The molecule has 2 aromatic rings. The highest BCUT2D eigenvalue weighted by Gasteiger charge is 2.23. The van der Waals surface area contributed by atoms with Gasteiger partial charge in [-0.25, -0.2) is 0 Å². The molecule has 0 saturated carbocycles. The summed E-state index contributed by atoms with van der Waals surface area (Å²) in [5.74, 6) is 0. The maximum atomic E-state index is 5.90. The Morgan fingerprint density at radius 1 is 1.05 bits per heavy atom. The Morgan fingerprint density at radius 2 is 1.86 bits per heavy atom. The summed E-state index contributed by atoms with van der Waals surface area (Å²) >= 11 is 0. The van der Waals surface area contributed by atoms with Crippen molar-refractivity contribution in [3.8, 4) is 0 Å². The number of hydrogen-bond donors (Lipinski definition) is 1. The molecule has 1 unspecified atom stereocenters. The van der Waals surface area contributed by atoms with E-state index in [1.807, 2.05) is 12.1 Å². The van der Waals surface area contributed by atoms with Gasteiger partial charge in [-0.1, -0.05) is 36.4 Å². The van der Waals surface area contributed by atoms with Gasteiger partial charge in [-0.2, -0.15) is 0 Å². The monoisotopic (exact) mass is 281 g/mol. The van der Waals surface area contributed by atoms with Crippen LogP contribution >= 0.6 is 0 Å². The molecular weight excluding hydrogens is 258 g/mol. The summed E-state index contributed by atoms with van der Waals surface area (Å²) in [6.45, 7) is 6.56. The van der Waals surface area contributed by atoms with Gasteiger partial charge < -0.3 is 10.6 Å². The number of hydrogen-bond acceptors (Lipinski definition) is 3. The van der Waals surface area contributed by atoms with E-state index in [1.54, 1.807) is 0 Å². The highest BCUT2D eigenvalue weighted by atomic mass is 15.3. The summed E-state index contributed by atoms with van der Waals surface area (Å²) < 4.78 is 0. The topological polar surface area (TPSA) is 32.5 Å². The van der Waals surface area contributed by atoms with Crippen molar-refractivity contribution in [2.45, 2.75) is 19.5 Å². The van der Waals surface area contributed by atoms with Crippen molar-refractivity contribution >= 4 is 11.4 Å². The Hall–Kier alpha value is -2.00. The van der Waals surface area contributed by atoms with Crippen LogP contribution in [0.3, 0.4) is 0 Å². The van der Waals surface area contributed by atoms with E-state index in [1.165, 1.54) is 11.3 Å². The van der Waals surface area contributed by atoms with Crippen LogP contribution in [0.1, 0.15) is 12.5 Å². The van der Waals surface area contributed by atoms with Gasteiger partial charge >= 0.3 is 0 Å². The number of rotatable bonds is 3. The maximum absolute atomic E-state index is 5.90. The van der Waals surface area contributed by atoms with Crippen LogP contribution in [0.25, 0.3) is 0 Å². The maximum Gasteiger partial charge on any atom is 0.0390 e. The van der Waals surface area contributed by atoms with Gasteiger partial charge in [0.2, 0.25) is 0 Å². The van der Waals surface area contributed by atoms with E-state index in [9.17, 15) is 0 Å². The molecule has 0 aliphatic carbocycles. The van der Waals surface area contributed by atoms with Crippen molar-refractivity contribution < 1.29 is 0 Å². The Balaban J connectivity index is 1.64.